The number of benzene rings is 2. The molecule has 1 fully saturated rings. The molecule has 28 heavy (non-hydrogen) atoms. The van der Waals surface area contributed by atoms with Crippen LogP contribution in [0.1, 0.15) is 39.9 Å². The van der Waals surface area contributed by atoms with Gasteiger partial charge in [-0.2, -0.15) is 0 Å². The first-order valence-electron chi connectivity index (χ1n) is 9.50. The summed E-state index contributed by atoms with van der Waals surface area (Å²) in [6.45, 7) is 7.24. The van der Waals surface area contributed by atoms with Crippen LogP contribution in [0.15, 0.2) is 30.3 Å². The number of fused-ring (bicyclic) bond motifs is 1. The minimum absolute atomic E-state index is 0.0375. The zero-order valence-corrected chi connectivity index (χ0v) is 17.9. The fourth-order valence-corrected chi connectivity index (χ4v) is 4.88. The maximum Gasteiger partial charge on any atom is 0.260 e. The number of carbonyl (C=O) groups is 1. The predicted octanol–water partition coefficient (Wildman–Crippen LogP) is 5.70. The molecule has 1 aromatic heterocycles. The van der Waals surface area contributed by atoms with E-state index in [-0.39, 0.29) is 12.0 Å². The highest BCUT2D eigenvalue weighted by Gasteiger charge is 2.28. The van der Waals surface area contributed by atoms with Gasteiger partial charge in [-0.25, -0.2) is 4.98 Å². The highest BCUT2D eigenvalue weighted by Crippen LogP contribution is 2.36. The molecular weight excluding hydrogens is 392 g/mol. The quantitative estimate of drug-likeness (QED) is 0.549. The first-order valence-corrected chi connectivity index (χ1v) is 10.7. The Kier molecular flexibility index (Phi) is 5.41. The Balaban J connectivity index is 1.79. The number of thiazole rings is 1. The number of ether oxygens (including phenoxy) is 1. The van der Waals surface area contributed by atoms with E-state index in [9.17, 15) is 4.79 Å². The number of hydrogen-bond donors (Lipinski definition) is 0. The van der Waals surface area contributed by atoms with Crippen LogP contribution in [-0.2, 0) is 4.74 Å². The van der Waals surface area contributed by atoms with Gasteiger partial charge >= 0.3 is 0 Å². The van der Waals surface area contributed by atoms with Crippen LogP contribution in [0.25, 0.3) is 10.2 Å². The van der Waals surface area contributed by atoms with Gasteiger partial charge in [0.15, 0.2) is 5.13 Å². The topological polar surface area (TPSA) is 42.4 Å². The van der Waals surface area contributed by atoms with Gasteiger partial charge in [0.1, 0.15) is 0 Å². The van der Waals surface area contributed by atoms with E-state index in [1.165, 1.54) is 11.3 Å². The lowest BCUT2D eigenvalue weighted by molar-refractivity contribution is 0.0917. The minimum atomic E-state index is -0.0375. The van der Waals surface area contributed by atoms with Crippen LogP contribution in [0.2, 0.25) is 5.02 Å². The number of carbonyl (C=O) groups excluding carboxylic acids is 1. The molecule has 3 aromatic rings. The van der Waals surface area contributed by atoms with Crippen molar-refractivity contribution in [3.63, 3.8) is 0 Å². The number of hydrogen-bond acceptors (Lipinski definition) is 4. The molecule has 1 atom stereocenters. The van der Waals surface area contributed by atoms with Gasteiger partial charge in [0.25, 0.3) is 5.91 Å². The van der Waals surface area contributed by atoms with E-state index >= 15 is 0 Å². The van der Waals surface area contributed by atoms with Crippen molar-refractivity contribution in [1.82, 2.24) is 4.98 Å². The molecule has 0 spiro atoms. The molecule has 6 heteroatoms. The molecule has 1 saturated heterocycles. The summed E-state index contributed by atoms with van der Waals surface area (Å²) in [6.07, 6.45) is 2.03. The molecule has 2 heterocycles. The highest BCUT2D eigenvalue weighted by atomic mass is 35.5. The zero-order chi connectivity index (χ0) is 19.8. The SMILES string of the molecule is Cc1ccc(C)c(C(=O)N(CC2CCCO2)c2nc3c(C)ccc(Cl)c3s2)c1. The van der Waals surface area contributed by atoms with Crippen molar-refractivity contribution in [3.05, 3.63) is 57.6 Å². The third kappa shape index (κ3) is 3.66. The predicted molar refractivity (Wildman–Crippen MR) is 116 cm³/mol. The van der Waals surface area contributed by atoms with Crippen molar-refractivity contribution < 1.29 is 9.53 Å². The summed E-state index contributed by atoms with van der Waals surface area (Å²) >= 11 is 7.87. The molecule has 0 N–H and O–H groups in total. The van der Waals surface area contributed by atoms with E-state index in [4.69, 9.17) is 21.3 Å². The number of aromatic nitrogens is 1. The fraction of sp³-hybridized carbons (Fsp3) is 0.364. The first-order chi connectivity index (χ1) is 13.4. The Morgan fingerprint density at radius 1 is 1.25 bits per heavy atom. The third-order valence-corrected chi connectivity index (χ3v) is 6.73. The molecule has 2 aromatic carbocycles. The average Bonchev–Trinajstić information content (AvgIpc) is 3.34. The Bertz CT molecular complexity index is 1000. The molecular formula is C22H23ClN2O2S. The van der Waals surface area contributed by atoms with Crippen molar-refractivity contribution >= 4 is 44.2 Å². The number of halogens is 1. The third-order valence-electron chi connectivity index (χ3n) is 5.20. The van der Waals surface area contributed by atoms with Crippen LogP contribution in [0, 0.1) is 20.8 Å². The molecule has 0 saturated carbocycles. The smallest absolute Gasteiger partial charge is 0.260 e. The van der Waals surface area contributed by atoms with Gasteiger partial charge in [0.2, 0.25) is 0 Å². The summed E-state index contributed by atoms with van der Waals surface area (Å²) in [4.78, 5) is 20.1. The summed E-state index contributed by atoms with van der Waals surface area (Å²) in [5.74, 6) is -0.0375. The Morgan fingerprint density at radius 3 is 2.75 bits per heavy atom. The second kappa shape index (κ2) is 7.82. The monoisotopic (exact) mass is 414 g/mol. The van der Waals surface area contributed by atoms with E-state index in [1.807, 2.05) is 51.1 Å². The summed E-state index contributed by atoms with van der Waals surface area (Å²) < 4.78 is 6.74. The molecule has 1 aliphatic heterocycles. The van der Waals surface area contributed by atoms with Gasteiger partial charge in [0, 0.05) is 12.2 Å². The van der Waals surface area contributed by atoms with Crippen LogP contribution in [0.3, 0.4) is 0 Å². The van der Waals surface area contributed by atoms with E-state index in [0.717, 1.165) is 46.4 Å². The molecule has 4 rings (SSSR count). The highest BCUT2D eigenvalue weighted by molar-refractivity contribution is 7.23. The van der Waals surface area contributed by atoms with Crippen molar-refractivity contribution in [3.8, 4) is 0 Å². The lowest BCUT2D eigenvalue weighted by atomic mass is 10.0. The van der Waals surface area contributed by atoms with Crippen LogP contribution in [-0.4, -0.2) is 30.1 Å². The maximum atomic E-state index is 13.6. The zero-order valence-electron chi connectivity index (χ0n) is 16.3. The molecule has 1 aliphatic rings. The summed E-state index contributed by atoms with van der Waals surface area (Å²) in [6, 6.07) is 9.82. The molecule has 146 valence electrons. The maximum absolute atomic E-state index is 13.6. The number of nitrogens with zero attached hydrogens (tertiary/aromatic N) is 2. The van der Waals surface area contributed by atoms with E-state index < -0.39 is 0 Å². The second-order valence-corrected chi connectivity index (χ2v) is 8.79. The van der Waals surface area contributed by atoms with Crippen LogP contribution in [0.4, 0.5) is 5.13 Å². The lowest BCUT2D eigenvalue weighted by Gasteiger charge is -2.24. The van der Waals surface area contributed by atoms with E-state index in [0.29, 0.717) is 22.3 Å². The second-order valence-electron chi connectivity index (χ2n) is 7.41. The van der Waals surface area contributed by atoms with Crippen molar-refractivity contribution in [2.24, 2.45) is 0 Å². The van der Waals surface area contributed by atoms with Crippen molar-refractivity contribution in [1.29, 1.82) is 0 Å². The van der Waals surface area contributed by atoms with Gasteiger partial charge in [0.05, 0.1) is 27.9 Å². The Labute approximate surface area is 174 Å². The van der Waals surface area contributed by atoms with Gasteiger partial charge in [-0.3, -0.25) is 9.69 Å². The Hall–Kier alpha value is -1.95. The van der Waals surface area contributed by atoms with Crippen LogP contribution in [0.5, 0.6) is 0 Å². The number of amides is 1. The van der Waals surface area contributed by atoms with Crippen LogP contribution >= 0.6 is 22.9 Å². The van der Waals surface area contributed by atoms with Gasteiger partial charge in [-0.15, -0.1) is 0 Å². The molecule has 0 radical (unpaired) electrons. The van der Waals surface area contributed by atoms with Crippen molar-refractivity contribution in [2.45, 2.75) is 39.7 Å². The standard InChI is InChI=1S/C22H23ClN2O2S/c1-13-6-7-14(2)17(11-13)21(26)25(12-16-5-4-10-27-16)22-24-19-15(3)8-9-18(23)20(19)28-22/h6-9,11,16H,4-5,10,12H2,1-3H3. The molecule has 1 amide bonds. The average molecular weight is 415 g/mol. The first kappa shape index (κ1) is 19.4. The molecule has 0 aliphatic carbocycles. The summed E-state index contributed by atoms with van der Waals surface area (Å²) in [5, 5.41) is 1.34. The van der Waals surface area contributed by atoms with E-state index in [1.54, 1.807) is 4.90 Å². The van der Waals surface area contributed by atoms with Crippen LogP contribution < -0.4 is 4.90 Å². The summed E-state index contributed by atoms with van der Waals surface area (Å²) in [7, 11) is 0. The van der Waals surface area contributed by atoms with Gasteiger partial charge in [-0.05, 0) is 56.9 Å². The molecule has 0 bridgehead atoms. The largest absolute Gasteiger partial charge is 0.376 e. The lowest BCUT2D eigenvalue weighted by Crippen LogP contribution is -2.37. The molecule has 4 nitrogen and oxygen atoms in total. The van der Waals surface area contributed by atoms with Gasteiger partial charge in [-0.1, -0.05) is 46.7 Å². The number of aryl methyl sites for hydroxylation is 3. The van der Waals surface area contributed by atoms with Gasteiger partial charge < -0.3 is 4.74 Å². The number of anilines is 1. The van der Waals surface area contributed by atoms with Crippen molar-refractivity contribution in [2.75, 3.05) is 18.1 Å². The molecule has 1 unspecified atom stereocenters. The van der Waals surface area contributed by atoms with E-state index in [2.05, 4.69) is 0 Å². The normalized spacial score (nSPS) is 16.6. The fourth-order valence-electron chi connectivity index (χ4n) is 3.56. The Morgan fingerprint density at radius 2 is 2.04 bits per heavy atom. The number of rotatable bonds is 4. The minimum Gasteiger partial charge on any atom is -0.376 e. The summed E-state index contributed by atoms with van der Waals surface area (Å²) in [5.41, 5.74) is 4.65.